The Balaban J connectivity index is 3.39. The number of carbonyl (C=O) groups is 1. The third kappa shape index (κ3) is 3.12. The second-order valence-electron chi connectivity index (χ2n) is 4.32. The number of benzene rings is 1. The van der Waals surface area contributed by atoms with Gasteiger partial charge in [0.2, 0.25) is 6.41 Å². The van der Waals surface area contributed by atoms with Crippen molar-refractivity contribution >= 4 is 16.3 Å². The lowest BCUT2D eigenvalue weighted by Gasteiger charge is -2.19. The molecule has 0 heterocycles. The van der Waals surface area contributed by atoms with E-state index in [2.05, 4.69) is 4.36 Å². The zero-order chi connectivity index (χ0) is 13.3. The van der Waals surface area contributed by atoms with Gasteiger partial charge in [-0.1, -0.05) is 12.1 Å². The van der Waals surface area contributed by atoms with Crippen LogP contribution in [0.15, 0.2) is 27.5 Å². The molecule has 0 saturated carbocycles. The molecule has 1 amide bonds. The summed E-state index contributed by atoms with van der Waals surface area (Å²) in [5.41, 5.74) is 0.323. The lowest BCUT2D eigenvalue weighted by atomic mass is 9.97. The van der Waals surface area contributed by atoms with Crippen molar-refractivity contribution in [3.63, 3.8) is 0 Å². The standard InChI is InChI=1S/C11H16N2O3S/c1-8-6-9(11(2,3)15)4-5-10(8)17(12,16)13-7-14/h4-7,15H,1-3H3,(H2,12,13,14,16). The van der Waals surface area contributed by atoms with E-state index in [4.69, 9.17) is 5.14 Å². The van der Waals surface area contributed by atoms with Gasteiger partial charge in [0, 0.05) is 0 Å². The summed E-state index contributed by atoms with van der Waals surface area (Å²) in [5, 5.41) is 15.3. The second kappa shape index (κ2) is 4.56. The Hall–Kier alpha value is -1.24. The number of amides is 1. The highest BCUT2D eigenvalue weighted by Gasteiger charge is 2.18. The molecule has 5 nitrogen and oxygen atoms in total. The summed E-state index contributed by atoms with van der Waals surface area (Å²) in [6.07, 6.45) is 0.186. The third-order valence-corrected chi connectivity index (χ3v) is 3.88. The molecular weight excluding hydrogens is 240 g/mol. The van der Waals surface area contributed by atoms with Gasteiger partial charge in [-0.2, -0.15) is 0 Å². The quantitative estimate of drug-likeness (QED) is 0.792. The predicted molar refractivity (Wildman–Crippen MR) is 65.5 cm³/mol. The number of aliphatic hydroxyl groups is 1. The van der Waals surface area contributed by atoms with Gasteiger partial charge in [-0.3, -0.25) is 4.79 Å². The van der Waals surface area contributed by atoms with Gasteiger partial charge in [0.1, 0.15) is 9.92 Å². The highest BCUT2D eigenvalue weighted by molar-refractivity contribution is 7.91. The molecule has 0 bridgehead atoms. The molecule has 0 saturated heterocycles. The normalized spacial score (nSPS) is 15.1. The van der Waals surface area contributed by atoms with Crippen molar-refractivity contribution in [1.82, 2.24) is 0 Å². The SMILES string of the molecule is Cc1cc(C(C)(C)O)ccc1S(N)(=O)=NC=O. The first-order chi connectivity index (χ1) is 7.68. The van der Waals surface area contributed by atoms with Crippen LogP contribution in [0.25, 0.3) is 0 Å². The first-order valence-electron chi connectivity index (χ1n) is 4.99. The van der Waals surface area contributed by atoms with E-state index in [1.54, 1.807) is 32.9 Å². The summed E-state index contributed by atoms with van der Waals surface area (Å²) >= 11 is 0. The summed E-state index contributed by atoms with van der Waals surface area (Å²) in [5.74, 6) is 0. The Bertz CT molecular complexity index is 552. The Morgan fingerprint density at radius 1 is 1.47 bits per heavy atom. The molecule has 1 atom stereocenters. The van der Waals surface area contributed by atoms with E-state index >= 15 is 0 Å². The molecule has 1 rings (SSSR count). The maximum atomic E-state index is 11.9. The van der Waals surface area contributed by atoms with E-state index in [0.717, 1.165) is 0 Å². The molecule has 17 heavy (non-hydrogen) atoms. The van der Waals surface area contributed by atoms with Gasteiger partial charge in [-0.05, 0) is 38.0 Å². The van der Waals surface area contributed by atoms with Gasteiger partial charge in [0.05, 0.1) is 10.5 Å². The van der Waals surface area contributed by atoms with E-state index in [9.17, 15) is 14.1 Å². The summed E-state index contributed by atoms with van der Waals surface area (Å²) < 4.78 is 15.1. The summed E-state index contributed by atoms with van der Waals surface area (Å²) in [6.45, 7) is 5.01. The fraction of sp³-hybridized carbons (Fsp3) is 0.364. The highest BCUT2D eigenvalue weighted by atomic mass is 32.2. The van der Waals surface area contributed by atoms with E-state index in [1.807, 2.05) is 0 Å². The van der Waals surface area contributed by atoms with E-state index in [0.29, 0.717) is 16.0 Å². The minimum absolute atomic E-state index is 0.186. The van der Waals surface area contributed by atoms with Crippen LogP contribution in [0.2, 0.25) is 0 Å². The van der Waals surface area contributed by atoms with Crippen LogP contribution in [0.5, 0.6) is 0 Å². The highest BCUT2D eigenvalue weighted by Crippen LogP contribution is 2.24. The van der Waals surface area contributed by atoms with Gasteiger partial charge in [0.25, 0.3) is 0 Å². The van der Waals surface area contributed by atoms with Crippen LogP contribution in [-0.4, -0.2) is 15.7 Å². The smallest absolute Gasteiger partial charge is 0.242 e. The van der Waals surface area contributed by atoms with Crippen LogP contribution >= 0.6 is 0 Å². The molecule has 0 fully saturated rings. The Morgan fingerprint density at radius 3 is 2.47 bits per heavy atom. The summed E-state index contributed by atoms with van der Waals surface area (Å²) in [7, 11) is -3.18. The Kier molecular flexibility index (Phi) is 3.71. The largest absolute Gasteiger partial charge is 0.386 e. The zero-order valence-electron chi connectivity index (χ0n) is 10.0. The van der Waals surface area contributed by atoms with Gasteiger partial charge >= 0.3 is 0 Å². The molecule has 1 aromatic rings. The fourth-order valence-corrected chi connectivity index (χ4v) is 2.50. The van der Waals surface area contributed by atoms with Crippen molar-refractivity contribution in [2.75, 3.05) is 0 Å². The number of carbonyl (C=O) groups excluding carboxylic acids is 1. The fourth-order valence-electron chi connectivity index (χ4n) is 1.48. The van der Waals surface area contributed by atoms with Crippen LogP contribution in [0.1, 0.15) is 25.0 Å². The molecule has 94 valence electrons. The lowest BCUT2D eigenvalue weighted by molar-refractivity contribution is -0.106. The average Bonchev–Trinajstić information content (AvgIpc) is 2.15. The maximum Gasteiger partial charge on any atom is 0.242 e. The molecule has 1 unspecified atom stereocenters. The van der Waals surface area contributed by atoms with Gasteiger partial charge in [-0.25, -0.2) is 9.35 Å². The molecule has 0 spiro atoms. The topological polar surface area (TPSA) is 92.8 Å². The molecule has 6 heteroatoms. The molecule has 0 radical (unpaired) electrons. The third-order valence-electron chi connectivity index (χ3n) is 2.40. The second-order valence-corrected chi connectivity index (χ2v) is 6.11. The number of hydrogen-bond acceptors (Lipinski definition) is 3. The van der Waals surface area contributed by atoms with Crippen molar-refractivity contribution in [1.29, 1.82) is 0 Å². The molecule has 0 aliphatic carbocycles. The van der Waals surface area contributed by atoms with Crippen LogP contribution in [0.3, 0.4) is 0 Å². The lowest BCUT2D eigenvalue weighted by Crippen LogP contribution is -2.18. The number of nitrogens with two attached hydrogens (primary N) is 1. The van der Waals surface area contributed by atoms with Crippen LogP contribution in [0, 0.1) is 6.92 Å². The minimum Gasteiger partial charge on any atom is -0.386 e. The van der Waals surface area contributed by atoms with Crippen LogP contribution < -0.4 is 5.14 Å². The van der Waals surface area contributed by atoms with Gasteiger partial charge in [-0.15, -0.1) is 4.36 Å². The van der Waals surface area contributed by atoms with Crippen molar-refractivity contribution < 1.29 is 14.1 Å². The monoisotopic (exact) mass is 256 g/mol. The summed E-state index contributed by atoms with van der Waals surface area (Å²) in [6, 6.07) is 4.83. The van der Waals surface area contributed by atoms with Gasteiger partial charge < -0.3 is 5.11 Å². The molecular formula is C11H16N2O3S. The Morgan fingerprint density at radius 2 is 2.06 bits per heavy atom. The molecule has 0 aromatic heterocycles. The molecule has 3 N–H and O–H groups in total. The average molecular weight is 256 g/mol. The minimum atomic E-state index is -3.18. The number of aryl methyl sites for hydroxylation is 1. The van der Waals surface area contributed by atoms with E-state index in [1.165, 1.54) is 6.07 Å². The van der Waals surface area contributed by atoms with Crippen molar-refractivity contribution in [3.05, 3.63) is 29.3 Å². The van der Waals surface area contributed by atoms with Crippen molar-refractivity contribution in [2.45, 2.75) is 31.3 Å². The van der Waals surface area contributed by atoms with E-state index in [-0.39, 0.29) is 6.41 Å². The van der Waals surface area contributed by atoms with Crippen LogP contribution in [-0.2, 0) is 20.3 Å². The molecule has 1 aromatic carbocycles. The number of hydrogen-bond donors (Lipinski definition) is 2. The maximum absolute atomic E-state index is 11.9. The number of nitrogens with zero attached hydrogens (tertiary/aromatic N) is 1. The Labute approximate surface area is 101 Å². The van der Waals surface area contributed by atoms with Crippen LogP contribution in [0.4, 0.5) is 0 Å². The first kappa shape index (κ1) is 13.8. The van der Waals surface area contributed by atoms with Gasteiger partial charge in [0.15, 0.2) is 0 Å². The van der Waals surface area contributed by atoms with Crippen molar-refractivity contribution in [3.8, 4) is 0 Å². The van der Waals surface area contributed by atoms with Crippen molar-refractivity contribution in [2.24, 2.45) is 9.50 Å². The molecule has 0 aliphatic heterocycles. The summed E-state index contributed by atoms with van der Waals surface area (Å²) in [4.78, 5) is 10.6. The zero-order valence-corrected chi connectivity index (χ0v) is 10.8. The first-order valence-corrected chi connectivity index (χ1v) is 6.57. The number of rotatable bonds is 3. The molecule has 0 aliphatic rings. The predicted octanol–water partition coefficient (Wildman–Crippen LogP) is 1.08. The van der Waals surface area contributed by atoms with E-state index < -0.39 is 15.5 Å².